The monoisotopic (exact) mass is 361 g/mol. The van der Waals surface area contributed by atoms with Crippen LogP contribution < -0.4 is 15.4 Å². The maximum Gasteiger partial charge on any atom is 0.255 e. The Hall–Kier alpha value is -3.67. The van der Waals surface area contributed by atoms with Gasteiger partial charge in [0, 0.05) is 30.1 Å². The van der Waals surface area contributed by atoms with Crippen molar-refractivity contribution >= 4 is 17.5 Å². The highest BCUT2D eigenvalue weighted by Crippen LogP contribution is 2.23. The van der Waals surface area contributed by atoms with Crippen molar-refractivity contribution in [2.45, 2.75) is 6.54 Å². The first kappa shape index (κ1) is 18.1. The number of hydrogen-bond acceptors (Lipinski definition) is 4. The first-order chi connectivity index (χ1) is 13.2. The molecule has 2 amide bonds. The quantitative estimate of drug-likeness (QED) is 0.706. The van der Waals surface area contributed by atoms with Crippen molar-refractivity contribution in [3.63, 3.8) is 0 Å². The van der Waals surface area contributed by atoms with Gasteiger partial charge in [-0.15, -0.1) is 0 Å². The minimum absolute atomic E-state index is 0.212. The zero-order valence-corrected chi connectivity index (χ0v) is 14.8. The molecule has 0 saturated carbocycles. The molecule has 3 aromatic rings. The summed E-state index contributed by atoms with van der Waals surface area (Å²) in [5.41, 5.74) is 2.43. The third-order valence-electron chi connectivity index (χ3n) is 3.94. The molecule has 0 saturated heterocycles. The summed E-state index contributed by atoms with van der Waals surface area (Å²) in [6, 6.07) is 17.3. The van der Waals surface area contributed by atoms with Gasteiger partial charge in [0.25, 0.3) is 11.8 Å². The predicted molar refractivity (Wildman–Crippen MR) is 103 cm³/mol. The van der Waals surface area contributed by atoms with Crippen molar-refractivity contribution < 1.29 is 14.3 Å². The molecular formula is C21H19N3O3. The summed E-state index contributed by atoms with van der Waals surface area (Å²) in [6.45, 7) is 0.392. The molecule has 0 aliphatic rings. The Morgan fingerprint density at radius 1 is 0.926 bits per heavy atom. The number of nitrogens with zero attached hydrogens (tertiary/aromatic N) is 1. The fraction of sp³-hybridized carbons (Fsp3) is 0.0952. The minimum atomic E-state index is -0.276. The zero-order valence-electron chi connectivity index (χ0n) is 14.8. The summed E-state index contributed by atoms with van der Waals surface area (Å²) in [5.74, 6) is 0.0922. The number of benzene rings is 2. The lowest BCUT2D eigenvalue weighted by Crippen LogP contribution is -2.23. The molecule has 0 unspecified atom stereocenters. The van der Waals surface area contributed by atoms with E-state index in [1.807, 2.05) is 24.3 Å². The van der Waals surface area contributed by atoms with Gasteiger partial charge in [-0.1, -0.05) is 18.2 Å². The number of amides is 2. The largest absolute Gasteiger partial charge is 0.495 e. The van der Waals surface area contributed by atoms with Crippen LogP contribution in [0.2, 0.25) is 0 Å². The molecule has 0 spiro atoms. The highest BCUT2D eigenvalue weighted by Gasteiger charge is 2.11. The second-order valence-corrected chi connectivity index (χ2v) is 5.78. The normalized spacial score (nSPS) is 10.1. The number of ether oxygens (including phenoxy) is 1. The van der Waals surface area contributed by atoms with Gasteiger partial charge in [-0.25, -0.2) is 0 Å². The summed E-state index contributed by atoms with van der Waals surface area (Å²) in [5, 5.41) is 5.62. The molecule has 0 radical (unpaired) electrons. The van der Waals surface area contributed by atoms with E-state index in [1.54, 1.807) is 55.9 Å². The predicted octanol–water partition coefficient (Wildman–Crippen LogP) is 3.27. The van der Waals surface area contributed by atoms with Crippen molar-refractivity contribution in [2.75, 3.05) is 12.4 Å². The summed E-state index contributed by atoms with van der Waals surface area (Å²) >= 11 is 0. The third-order valence-corrected chi connectivity index (χ3v) is 3.94. The fourth-order valence-electron chi connectivity index (χ4n) is 2.50. The summed E-state index contributed by atoms with van der Waals surface area (Å²) in [7, 11) is 1.55. The molecule has 2 N–H and O–H groups in total. The maximum atomic E-state index is 12.4. The number of hydrogen-bond donors (Lipinski definition) is 2. The van der Waals surface area contributed by atoms with E-state index in [-0.39, 0.29) is 11.8 Å². The molecule has 0 fully saturated rings. The molecule has 3 rings (SSSR count). The van der Waals surface area contributed by atoms with Gasteiger partial charge in [-0.2, -0.15) is 0 Å². The molecule has 0 bridgehead atoms. The van der Waals surface area contributed by atoms with Gasteiger partial charge >= 0.3 is 0 Å². The van der Waals surface area contributed by atoms with E-state index in [0.29, 0.717) is 29.1 Å². The molecule has 1 heterocycles. The van der Waals surface area contributed by atoms with Gasteiger partial charge in [-0.05, 0) is 48.0 Å². The van der Waals surface area contributed by atoms with Crippen molar-refractivity contribution in [2.24, 2.45) is 0 Å². The fourth-order valence-corrected chi connectivity index (χ4v) is 2.50. The lowest BCUT2D eigenvalue weighted by Gasteiger charge is -2.10. The molecule has 0 aliphatic heterocycles. The number of carbonyl (C=O) groups excluding carboxylic acids is 2. The smallest absolute Gasteiger partial charge is 0.255 e. The topological polar surface area (TPSA) is 80.3 Å². The van der Waals surface area contributed by atoms with Crippen LogP contribution >= 0.6 is 0 Å². The Morgan fingerprint density at radius 2 is 1.63 bits per heavy atom. The molecule has 136 valence electrons. The van der Waals surface area contributed by atoms with Crippen LogP contribution in [-0.4, -0.2) is 23.9 Å². The van der Waals surface area contributed by atoms with Crippen LogP contribution in [0.3, 0.4) is 0 Å². The van der Waals surface area contributed by atoms with Crippen LogP contribution in [0, 0.1) is 0 Å². The summed E-state index contributed by atoms with van der Waals surface area (Å²) in [6.07, 6.45) is 3.38. The van der Waals surface area contributed by atoms with Crippen molar-refractivity contribution in [3.8, 4) is 5.75 Å². The summed E-state index contributed by atoms with van der Waals surface area (Å²) in [4.78, 5) is 28.6. The lowest BCUT2D eigenvalue weighted by atomic mass is 10.1. The number of rotatable bonds is 6. The van der Waals surface area contributed by atoms with Gasteiger partial charge < -0.3 is 15.4 Å². The molecule has 2 aromatic carbocycles. The van der Waals surface area contributed by atoms with E-state index >= 15 is 0 Å². The van der Waals surface area contributed by atoms with Gasteiger partial charge in [0.15, 0.2) is 0 Å². The van der Waals surface area contributed by atoms with Crippen LogP contribution in [-0.2, 0) is 6.54 Å². The van der Waals surface area contributed by atoms with Crippen molar-refractivity contribution in [1.82, 2.24) is 10.3 Å². The van der Waals surface area contributed by atoms with E-state index in [1.165, 1.54) is 0 Å². The molecule has 0 atom stereocenters. The standard InChI is InChI=1S/C21H19N3O3/c1-27-19-7-3-2-6-18(19)24-21(26)17-10-8-16(9-11-17)20(25)23-14-15-5-4-12-22-13-15/h2-13H,14H2,1H3,(H,23,25)(H,24,26). The lowest BCUT2D eigenvalue weighted by molar-refractivity contribution is 0.0949. The number of anilines is 1. The summed E-state index contributed by atoms with van der Waals surface area (Å²) < 4.78 is 5.22. The number of methoxy groups -OCH3 is 1. The van der Waals surface area contributed by atoms with E-state index in [9.17, 15) is 9.59 Å². The van der Waals surface area contributed by atoms with Crippen LogP contribution in [0.25, 0.3) is 0 Å². The Balaban J connectivity index is 1.62. The molecule has 1 aromatic heterocycles. The van der Waals surface area contributed by atoms with Crippen molar-refractivity contribution in [3.05, 3.63) is 89.7 Å². The molecule has 6 heteroatoms. The number of carbonyl (C=O) groups is 2. The van der Waals surface area contributed by atoms with E-state index in [4.69, 9.17) is 4.74 Å². The SMILES string of the molecule is COc1ccccc1NC(=O)c1ccc(C(=O)NCc2cccnc2)cc1. The Kier molecular flexibility index (Phi) is 5.79. The molecule has 27 heavy (non-hydrogen) atoms. The second-order valence-electron chi connectivity index (χ2n) is 5.78. The highest BCUT2D eigenvalue weighted by atomic mass is 16.5. The molecule has 0 aliphatic carbocycles. The van der Waals surface area contributed by atoms with E-state index < -0.39 is 0 Å². The number of para-hydroxylation sites is 2. The van der Waals surface area contributed by atoms with Gasteiger partial charge in [0.2, 0.25) is 0 Å². The Morgan fingerprint density at radius 3 is 2.30 bits per heavy atom. The average Bonchev–Trinajstić information content (AvgIpc) is 2.73. The number of aromatic nitrogens is 1. The van der Waals surface area contributed by atoms with E-state index in [0.717, 1.165) is 5.56 Å². The van der Waals surface area contributed by atoms with Crippen LogP contribution in [0.15, 0.2) is 73.1 Å². The maximum absolute atomic E-state index is 12.4. The first-order valence-electron chi connectivity index (χ1n) is 8.39. The van der Waals surface area contributed by atoms with Crippen LogP contribution in [0.4, 0.5) is 5.69 Å². The first-order valence-corrected chi connectivity index (χ1v) is 8.39. The molecular weight excluding hydrogens is 342 g/mol. The van der Waals surface area contributed by atoms with Gasteiger partial charge in [0.1, 0.15) is 5.75 Å². The molecule has 6 nitrogen and oxygen atoms in total. The van der Waals surface area contributed by atoms with Crippen LogP contribution in [0.1, 0.15) is 26.3 Å². The highest BCUT2D eigenvalue weighted by molar-refractivity contribution is 6.05. The minimum Gasteiger partial charge on any atom is -0.495 e. The zero-order chi connectivity index (χ0) is 19.1. The van der Waals surface area contributed by atoms with E-state index in [2.05, 4.69) is 15.6 Å². The third kappa shape index (κ3) is 4.70. The Bertz CT molecular complexity index is 925. The Labute approximate surface area is 157 Å². The average molecular weight is 361 g/mol. The van der Waals surface area contributed by atoms with Gasteiger partial charge in [-0.3, -0.25) is 14.6 Å². The van der Waals surface area contributed by atoms with Crippen LogP contribution in [0.5, 0.6) is 5.75 Å². The van der Waals surface area contributed by atoms with Gasteiger partial charge in [0.05, 0.1) is 12.8 Å². The van der Waals surface area contributed by atoms with Crippen molar-refractivity contribution in [1.29, 1.82) is 0 Å². The number of nitrogens with one attached hydrogen (secondary N) is 2. The second kappa shape index (κ2) is 8.62. The number of pyridine rings is 1.